The van der Waals surface area contributed by atoms with Gasteiger partial charge in [-0.05, 0) is 53.8 Å². The van der Waals surface area contributed by atoms with Gasteiger partial charge in [-0.2, -0.15) is 16.4 Å². The Balaban J connectivity index is 1.86. The van der Waals surface area contributed by atoms with Crippen molar-refractivity contribution in [3.05, 3.63) is 56.4 Å². The third kappa shape index (κ3) is 3.55. The number of nitrogens with zero attached hydrogens (tertiary/aromatic N) is 4. The van der Waals surface area contributed by atoms with Crippen LogP contribution in [0.3, 0.4) is 0 Å². The van der Waals surface area contributed by atoms with Crippen LogP contribution >= 0.6 is 35.2 Å². The molecule has 0 amide bonds. The smallest absolute Gasteiger partial charge is 0.199 e. The number of hydrogen-bond acceptors (Lipinski definition) is 4. The summed E-state index contributed by atoms with van der Waals surface area (Å²) in [6.45, 7) is 1.50. The first-order valence-corrected chi connectivity index (χ1v) is 8.87. The van der Waals surface area contributed by atoms with Crippen molar-refractivity contribution < 1.29 is 0 Å². The van der Waals surface area contributed by atoms with Gasteiger partial charge in [-0.3, -0.25) is 4.90 Å². The maximum atomic E-state index is 6.29. The van der Waals surface area contributed by atoms with Crippen LogP contribution in [0.2, 0.25) is 5.02 Å². The molecule has 4 nitrogen and oxygen atoms in total. The lowest BCUT2D eigenvalue weighted by atomic mass is 10.2. The Bertz CT molecular complexity index is 851. The Kier molecular flexibility index (Phi) is 4.96. The van der Waals surface area contributed by atoms with Gasteiger partial charge in [-0.1, -0.05) is 23.7 Å². The van der Waals surface area contributed by atoms with E-state index in [2.05, 4.69) is 33.9 Å². The average Bonchev–Trinajstić information content (AvgIpc) is 3.12. The second-order valence-electron chi connectivity index (χ2n) is 5.43. The van der Waals surface area contributed by atoms with Crippen LogP contribution in [0, 0.1) is 4.77 Å². The first kappa shape index (κ1) is 16.4. The first-order valence-electron chi connectivity index (χ1n) is 7.14. The fourth-order valence-corrected chi connectivity index (χ4v) is 3.50. The van der Waals surface area contributed by atoms with Gasteiger partial charge >= 0.3 is 0 Å². The number of thiophene rings is 1. The molecule has 0 atom stereocenters. The van der Waals surface area contributed by atoms with Crippen LogP contribution in [0.15, 0.2) is 41.1 Å². The SMILES string of the molecule is CN(Cc1ccsc1)Cn1nc(-c2ccccc2Cl)n(C)c1=S. The molecule has 1 aromatic carbocycles. The van der Waals surface area contributed by atoms with Crippen molar-refractivity contribution in [2.45, 2.75) is 13.2 Å². The van der Waals surface area contributed by atoms with Gasteiger partial charge in [0.05, 0.1) is 11.7 Å². The molecule has 3 aromatic rings. The highest BCUT2D eigenvalue weighted by atomic mass is 35.5. The predicted molar refractivity (Wildman–Crippen MR) is 98.3 cm³/mol. The Morgan fingerprint density at radius 1 is 1.30 bits per heavy atom. The van der Waals surface area contributed by atoms with Gasteiger partial charge in [0.1, 0.15) is 0 Å². The Labute approximate surface area is 149 Å². The minimum absolute atomic E-state index is 0.632. The maximum Gasteiger partial charge on any atom is 0.199 e. The molecular formula is C16H17ClN4S2. The molecule has 2 heterocycles. The van der Waals surface area contributed by atoms with E-state index in [4.69, 9.17) is 23.8 Å². The number of rotatable bonds is 5. The van der Waals surface area contributed by atoms with Gasteiger partial charge < -0.3 is 4.57 Å². The van der Waals surface area contributed by atoms with Crippen LogP contribution in [0.25, 0.3) is 11.4 Å². The van der Waals surface area contributed by atoms with E-state index < -0.39 is 0 Å². The predicted octanol–water partition coefficient (Wildman–Crippen LogP) is 4.42. The fraction of sp³-hybridized carbons (Fsp3) is 0.250. The van der Waals surface area contributed by atoms with Crippen LogP contribution in [-0.4, -0.2) is 26.3 Å². The van der Waals surface area contributed by atoms with E-state index in [1.54, 1.807) is 11.3 Å². The third-order valence-corrected chi connectivity index (χ3v) is 5.11. The van der Waals surface area contributed by atoms with Gasteiger partial charge in [-0.25, -0.2) is 4.68 Å². The summed E-state index contributed by atoms with van der Waals surface area (Å²) in [6, 6.07) is 9.81. The molecular weight excluding hydrogens is 348 g/mol. The Hall–Kier alpha value is -1.47. The summed E-state index contributed by atoms with van der Waals surface area (Å²) in [5, 5.41) is 9.58. The molecule has 0 fully saturated rings. The Morgan fingerprint density at radius 2 is 2.09 bits per heavy atom. The van der Waals surface area contributed by atoms with Gasteiger partial charge in [0.25, 0.3) is 0 Å². The van der Waals surface area contributed by atoms with Crippen molar-refractivity contribution in [2.75, 3.05) is 7.05 Å². The van der Waals surface area contributed by atoms with Crippen LogP contribution in [-0.2, 0) is 20.3 Å². The van der Waals surface area contributed by atoms with E-state index >= 15 is 0 Å². The van der Waals surface area contributed by atoms with Crippen molar-refractivity contribution in [2.24, 2.45) is 7.05 Å². The maximum absolute atomic E-state index is 6.29. The van der Waals surface area contributed by atoms with E-state index in [0.717, 1.165) is 17.9 Å². The molecule has 3 rings (SSSR count). The molecule has 0 unspecified atom stereocenters. The lowest BCUT2D eigenvalue weighted by Gasteiger charge is -2.15. The lowest BCUT2D eigenvalue weighted by Crippen LogP contribution is -2.22. The highest BCUT2D eigenvalue weighted by Gasteiger charge is 2.13. The van der Waals surface area contributed by atoms with Crippen molar-refractivity contribution in [1.29, 1.82) is 0 Å². The highest BCUT2D eigenvalue weighted by Crippen LogP contribution is 2.26. The summed E-state index contributed by atoms with van der Waals surface area (Å²) in [5.41, 5.74) is 2.19. The largest absolute Gasteiger partial charge is 0.303 e. The molecule has 0 saturated carbocycles. The van der Waals surface area contributed by atoms with E-state index in [1.165, 1.54) is 5.56 Å². The molecule has 0 spiro atoms. The van der Waals surface area contributed by atoms with Crippen molar-refractivity contribution >= 4 is 35.2 Å². The topological polar surface area (TPSA) is 26.0 Å². The number of benzene rings is 1. The zero-order chi connectivity index (χ0) is 16.4. The zero-order valence-corrected chi connectivity index (χ0v) is 15.3. The van der Waals surface area contributed by atoms with Gasteiger partial charge in [0.2, 0.25) is 0 Å². The average molecular weight is 365 g/mol. The summed E-state index contributed by atoms with van der Waals surface area (Å²) in [5.74, 6) is 0.782. The molecule has 2 aromatic heterocycles. The Morgan fingerprint density at radius 3 is 2.78 bits per heavy atom. The molecule has 0 aliphatic rings. The van der Waals surface area contributed by atoms with Crippen LogP contribution in [0.5, 0.6) is 0 Å². The van der Waals surface area contributed by atoms with Crippen LogP contribution in [0.1, 0.15) is 5.56 Å². The van der Waals surface area contributed by atoms with E-state index in [1.807, 2.05) is 40.6 Å². The monoisotopic (exact) mass is 364 g/mol. The summed E-state index contributed by atoms with van der Waals surface area (Å²) >= 11 is 13.5. The van der Waals surface area contributed by atoms with Gasteiger partial charge in [0, 0.05) is 19.2 Å². The van der Waals surface area contributed by atoms with E-state index in [9.17, 15) is 0 Å². The van der Waals surface area contributed by atoms with Crippen molar-refractivity contribution in [3.63, 3.8) is 0 Å². The molecule has 0 aliphatic carbocycles. The summed E-state index contributed by atoms with van der Waals surface area (Å²) in [6.07, 6.45) is 0. The summed E-state index contributed by atoms with van der Waals surface area (Å²) in [7, 11) is 3.98. The molecule has 120 valence electrons. The molecule has 0 aliphatic heterocycles. The van der Waals surface area contributed by atoms with Gasteiger partial charge in [0.15, 0.2) is 10.6 Å². The van der Waals surface area contributed by atoms with Crippen LogP contribution in [0.4, 0.5) is 0 Å². The molecule has 0 saturated heterocycles. The highest BCUT2D eigenvalue weighted by molar-refractivity contribution is 7.71. The fourth-order valence-electron chi connectivity index (χ4n) is 2.43. The van der Waals surface area contributed by atoms with Crippen molar-refractivity contribution in [1.82, 2.24) is 19.2 Å². The number of aromatic nitrogens is 3. The van der Waals surface area contributed by atoms with Crippen molar-refractivity contribution in [3.8, 4) is 11.4 Å². The molecule has 0 bridgehead atoms. The standard InChI is InChI=1S/C16H17ClN4S2/c1-19(9-12-7-8-23-10-12)11-21-16(22)20(2)15(18-21)13-5-3-4-6-14(13)17/h3-8,10H,9,11H2,1-2H3. The minimum Gasteiger partial charge on any atom is -0.303 e. The lowest BCUT2D eigenvalue weighted by molar-refractivity contribution is 0.244. The third-order valence-electron chi connectivity index (χ3n) is 3.56. The minimum atomic E-state index is 0.632. The van der Waals surface area contributed by atoms with E-state index in [0.29, 0.717) is 16.5 Å². The molecule has 23 heavy (non-hydrogen) atoms. The quantitative estimate of drug-likeness (QED) is 0.627. The van der Waals surface area contributed by atoms with Gasteiger partial charge in [-0.15, -0.1) is 0 Å². The summed E-state index contributed by atoms with van der Waals surface area (Å²) < 4.78 is 4.41. The second kappa shape index (κ2) is 6.97. The molecule has 0 radical (unpaired) electrons. The first-order chi connectivity index (χ1) is 11.1. The van der Waals surface area contributed by atoms with E-state index in [-0.39, 0.29) is 0 Å². The molecule has 7 heteroatoms. The summed E-state index contributed by atoms with van der Waals surface area (Å²) in [4.78, 5) is 2.18. The normalized spacial score (nSPS) is 11.3. The number of hydrogen-bond donors (Lipinski definition) is 0. The second-order valence-corrected chi connectivity index (χ2v) is 6.98. The zero-order valence-electron chi connectivity index (χ0n) is 12.9. The van der Waals surface area contributed by atoms with Crippen LogP contribution < -0.4 is 0 Å². The number of halogens is 1. The molecule has 0 N–H and O–H groups in total.